The Morgan fingerprint density at radius 2 is 1.78 bits per heavy atom. The van der Waals surface area contributed by atoms with E-state index in [1.165, 1.54) is 5.56 Å². The molecule has 0 aliphatic carbocycles. The standard InChI is InChI=1S/C26H34ClFN4O4S/c1-18(2)15-23(31-26(34)32-14-11-19-7-3-4-8-20(19)17-32)25(33)29-12-5-6-13-30-37(35,36)24-10-9-21(28)16-22(24)27/h3-4,7-10,16,18,23,30H,5-6,11-15,17H2,1-2H3,(H,29,33)(H,31,34)/t23-/m0/s1. The first-order chi connectivity index (χ1) is 17.6. The number of fused-ring (bicyclic) bond motifs is 1. The van der Waals surface area contributed by atoms with E-state index in [1.54, 1.807) is 4.90 Å². The van der Waals surface area contributed by atoms with Gasteiger partial charge in [0.25, 0.3) is 0 Å². The minimum Gasteiger partial charge on any atom is -0.354 e. The molecular weight excluding hydrogens is 519 g/mol. The largest absolute Gasteiger partial charge is 0.354 e. The predicted molar refractivity (Wildman–Crippen MR) is 141 cm³/mol. The number of unbranched alkanes of at least 4 members (excludes halogenated alkanes) is 1. The number of halogens is 2. The Morgan fingerprint density at radius 3 is 2.49 bits per heavy atom. The highest BCUT2D eigenvalue weighted by Gasteiger charge is 2.26. The van der Waals surface area contributed by atoms with E-state index in [1.807, 2.05) is 32.0 Å². The van der Waals surface area contributed by atoms with Gasteiger partial charge in [-0.25, -0.2) is 22.3 Å². The Hall–Kier alpha value is -2.69. The second-order valence-electron chi connectivity index (χ2n) is 9.54. The lowest BCUT2D eigenvalue weighted by Gasteiger charge is -2.31. The molecule has 1 atom stereocenters. The smallest absolute Gasteiger partial charge is 0.318 e. The summed E-state index contributed by atoms with van der Waals surface area (Å²) >= 11 is 5.85. The fourth-order valence-electron chi connectivity index (χ4n) is 4.17. The van der Waals surface area contributed by atoms with Crippen LogP contribution in [0.4, 0.5) is 9.18 Å². The highest BCUT2D eigenvalue weighted by atomic mass is 35.5. The van der Waals surface area contributed by atoms with Gasteiger partial charge in [-0.3, -0.25) is 4.79 Å². The molecule has 1 heterocycles. The third-order valence-electron chi connectivity index (χ3n) is 6.12. The number of nitrogens with one attached hydrogen (secondary N) is 3. The molecule has 1 aliphatic heterocycles. The molecule has 0 bridgehead atoms. The van der Waals surface area contributed by atoms with E-state index < -0.39 is 21.9 Å². The van der Waals surface area contributed by atoms with Crippen molar-refractivity contribution >= 4 is 33.6 Å². The number of carbonyl (C=O) groups excluding carboxylic acids is 2. The molecule has 8 nitrogen and oxygen atoms in total. The van der Waals surface area contributed by atoms with Crippen LogP contribution in [-0.4, -0.2) is 50.9 Å². The number of rotatable bonds is 11. The molecule has 1 aliphatic rings. The topological polar surface area (TPSA) is 108 Å². The Kier molecular flexibility index (Phi) is 10.3. The maximum atomic E-state index is 13.2. The highest BCUT2D eigenvalue weighted by Crippen LogP contribution is 2.22. The summed E-state index contributed by atoms with van der Waals surface area (Å²) in [5, 5.41) is 5.55. The number of hydrogen-bond donors (Lipinski definition) is 3. The van der Waals surface area contributed by atoms with Gasteiger partial charge in [-0.05, 0) is 60.9 Å². The number of urea groups is 1. The molecule has 37 heavy (non-hydrogen) atoms. The van der Waals surface area contributed by atoms with Crippen LogP contribution in [0.3, 0.4) is 0 Å². The molecule has 0 saturated heterocycles. The monoisotopic (exact) mass is 552 g/mol. The zero-order valence-corrected chi connectivity index (χ0v) is 22.7. The van der Waals surface area contributed by atoms with Gasteiger partial charge in [-0.2, -0.15) is 0 Å². The normalized spacial score (nSPS) is 14.2. The van der Waals surface area contributed by atoms with Gasteiger partial charge in [-0.1, -0.05) is 49.7 Å². The number of sulfonamides is 1. The van der Waals surface area contributed by atoms with Crippen molar-refractivity contribution in [2.45, 2.75) is 57.0 Å². The summed E-state index contributed by atoms with van der Waals surface area (Å²) < 4.78 is 40.3. The Balaban J connectivity index is 1.44. The third-order valence-corrected chi connectivity index (χ3v) is 8.06. The van der Waals surface area contributed by atoms with Crippen molar-refractivity contribution in [3.8, 4) is 0 Å². The summed E-state index contributed by atoms with van der Waals surface area (Å²) in [6.07, 6.45) is 2.27. The Bertz CT molecular complexity index is 1210. The molecule has 2 aromatic rings. The van der Waals surface area contributed by atoms with E-state index in [4.69, 9.17) is 11.6 Å². The van der Waals surface area contributed by atoms with Crippen LogP contribution in [0.1, 0.15) is 44.2 Å². The van der Waals surface area contributed by atoms with E-state index in [0.29, 0.717) is 38.9 Å². The van der Waals surface area contributed by atoms with Gasteiger partial charge in [-0.15, -0.1) is 0 Å². The lowest BCUT2D eigenvalue weighted by atomic mass is 10.00. The number of benzene rings is 2. The van der Waals surface area contributed by atoms with Crippen molar-refractivity contribution in [2.24, 2.45) is 5.92 Å². The van der Waals surface area contributed by atoms with Crippen molar-refractivity contribution < 1.29 is 22.4 Å². The van der Waals surface area contributed by atoms with Crippen LogP contribution in [0.15, 0.2) is 47.4 Å². The van der Waals surface area contributed by atoms with Crippen molar-refractivity contribution in [2.75, 3.05) is 19.6 Å². The fraction of sp³-hybridized carbons (Fsp3) is 0.462. The summed E-state index contributed by atoms with van der Waals surface area (Å²) in [6.45, 7) is 5.55. The van der Waals surface area contributed by atoms with E-state index in [-0.39, 0.29) is 34.3 Å². The summed E-state index contributed by atoms with van der Waals surface area (Å²) in [4.78, 5) is 27.3. The third kappa shape index (κ3) is 8.41. The average molecular weight is 553 g/mol. The van der Waals surface area contributed by atoms with E-state index in [2.05, 4.69) is 21.4 Å². The molecule has 11 heteroatoms. The highest BCUT2D eigenvalue weighted by molar-refractivity contribution is 7.89. The fourth-order valence-corrected chi connectivity index (χ4v) is 5.78. The van der Waals surface area contributed by atoms with Gasteiger partial charge in [0.15, 0.2) is 0 Å². The minimum absolute atomic E-state index is 0.133. The molecule has 3 rings (SSSR count). The van der Waals surface area contributed by atoms with E-state index in [0.717, 1.165) is 30.2 Å². The van der Waals surface area contributed by atoms with Gasteiger partial charge < -0.3 is 15.5 Å². The molecule has 0 saturated carbocycles. The van der Waals surface area contributed by atoms with Crippen molar-refractivity contribution in [3.63, 3.8) is 0 Å². The minimum atomic E-state index is -3.87. The lowest BCUT2D eigenvalue weighted by molar-refractivity contribution is -0.123. The van der Waals surface area contributed by atoms with Gasteiger partial charge in [0.1, 0.15) is 16.8 Å². The zero-order valence-electron chi connectivity index (χ0n) is 21.1. The Morgan fingerprint density at radius 1 is 1.08 bits per heavy atom. The van der Waals surface area contributed by atoms with E-state index in [9.17, 15) is 22.4 Å². The summed E-state index contributed by atoms with van der Waals surface area (Å²) in [5.41, 5.74) is 2.36. The summed E-state index contributed by atoms with van der Waals surface area (Å²) in [6, 6.07) is 10.2. The van der Waals surface area contributed by atoms with Gasteiger partial charge in [0.05, 0.1) is 5.02 Å². The first-order valence-electron chi connectivity index (χ1n) is 12.4. The molecule has 0 fully saturated rings. The molecule has 0 radical (unpaired) electrons. The lowest BCUT2D eigenvalue weighted by Crippen LogP contribution is -2.52. The van der Waals surface area contributed by atoms with Crippen molar-refractivity contribution in [1.82, 2.24) is 20.3 Å². The molecule has 3 N–H and O–H groups in total. The van der Waals surface area contributed by atoms with Crippen molar-refractivity contribution in [3.05, 3.63) is 64.4 Å². The molecule has 2 aromatic carbocycles. The van der Waals surface area contributed by atoms with Crippen LogP contribution in [0.2, 0.25) is 5.02 Å². The average Bonchev–Trinajstić information content (AvgIpc) is 2.84. The van der Waals surface area contributed by atoms with Crippen LogP contribution >= 0.6 is 11.6 Å². The SMILES string of the molecule is CC(C)C[C@H](NC(=O)N1CCc2ccccc2C1)C(=O)NCCCCNS(=O)(=O)c1ccc(F)cc1Cl. The van der Waals surface area contributed by atoms with Gasteiger partial charge >= 0.3 is 6.03 Å². The maximum Gasteiger partial charge on any atom is 0.318 e. The van der Waals surface area contributed by atoms with Gasteiger partial charge in [0.2, 0.25) is 15.9 Å². The molecule has 0 spiro atoms. The van der Waals surface area contributed by atoms with Crippen LogP contribution < -0.4 is 15.4 Å². The maximum absolute atomic E-state index is 13.2. The summed E-state index contributed by atoms with van der Waals surface area (Å²) in [7, 11) is -3.87. The first kappa shape index (κ1) is 28.9. The van der Waals surface area contributed by atoms with Crippen LogP contribution in [0, 0.1) is 11.7 Å². The van der Waals surface area contributed by atoms with Crippen LogP contribution in [0.5, 0.6) is 0 Å². The summed E-state index contributed by atoms with van der Waals surface area (Å²) in [5.74, 6) is -0.683. The zero-order chi connectivity index (χ0) is 27.0. The number of nitrogens with zero attached hydrogens (tertiary/aromatic N) is 1. The van der Waals surface area contributed by atoms with Crippen molar-refractivity contribution in [1.29, 1.82) is 0 Å². The second kappa shape index (κ2) is 13.2. The number of hydrogen-bond acceptors (Lipinski definition) is 4. The predicted octanol–water partition coefficient (Wildman–Crippen LogP) is 3.84. The molecule has 0 unspecified atom stereocenters. The second-order valence-corrected chi connectivity index (χ2v) is 11.7. The molecule has 202 valence electrons. The Labute approximate surface area is 223 Å². The molecule has 3 amide bonds. The quantitative estimate of drug-likeness (QED) is 0.368. The first-order valence-corrected chi connectivity index (χ1v) is 14.3. The van der Waals surface area contributed by atoms with E-state index >= 15 is 0 Å². The molecular formula is C26H34ClFN4O4S. The number of amides is 3. The molecule has 0 aromatic heterocycles. The van der Waals surface area contributed by atoms with Crippen LogP contribution in [0.25, 0.3) is 0 Å². The number of carbonyl (C=O) groups is 2. The van der Waals surface area contributed by atoms with Gasteiger partial charge in [0, 0.05) is 26.2 Å². The van der Waals surface area contributed by atoms with Crippen LogP contribution in [-0.2, 0) is 27.8 Å².